The fourth-order valence-corrected chi connectivity index (χ4v) is 1.47. The molecule has 0 atom stereocenters. The number of aromatic nitrogens is 2. The lowest BCUT2D eigenvalue weighted by molar-refractivity contribution is -0.385. The number of anilines is 3. The van der Waals surface area contributed by atoms with Crippen LogP contribution in [0.25, 0.3) is 0 Å². The molecule has 1 aromatic carbocycles. The summed E-state index contributed by atoms with van der Waals surface area (Å²) >= 11 is 0. The maximum absolute atomic E-state index is 11.0. The third kappa shape index (κ3) is 2.68. The number of rotatable bonds is 4. The summed E-state index contributed by atoms with van der Waals surface area (Å²) in [6.45, 7) is 0. The van der Waals surface area contributed by atoms with Gasteiger partial charge in [-0.3, -0.25) is 10.1 Å². The zero-order valence-corrected chi connectivity index (χ0v) is 10.0. The third-order valence-corrected chi connectivity index (χ3v) is 2.34. The van der Waals surface area contributed by atoms with Gasteiger partial charge in [-0.05, 0) is 24.3 Å². The molecule has 0 unspecified atom stereocenters. The number of ether oxygens (including phenoxy) is 1. The monoisotopic (exact) mass is 261 g/mol. The van der Waals surface area contributed by atoms with E-state index in [4.69, 9.17) is 10.5 Å². The van der Waals surface area contributed by atoms with Gasteiger partial charge in [-0.15, -0.1) is 0 Å². The van der Waals surface area contributed by atoms with E-state index in [0.29, 0.717) is 11.4 Å². The summed E-state index contributed by atoms with van der Waals surface area (Å²) in [6.07, 6.45) is 1.19. The molecule has 0 aliphatic heterocycles. The van der Waals surface area contributed by atoms with Crippen molar-refractivity contribution in [3.8, 4) is 5.88 Å². The number of nitrogens with two attached hydrogens (primary N) is 1. The number of nitro groups is 1. The number of nitrogens with zero attached hydrogens (tertiary/aromatic N) is 3. The van der Waals surface area contributed by atoms with Crippen LogP contribution < -0.4 is 15.8 Å². The van der Waals surface area contributed by atoms with Gasteiger partial charge in [-0.2, -0.15) is 4.98 Å². The minimum Gasteiger partial charge on any atom is -0.476 e. The summed E-state index contributed by atoms with van der Waals surface area (Å²) in [5.41, 5.74) is 6.47. The second-order valence-corrected chi connectivity index (χ2v) is 3.58. The molecule has 8 heteroatoms. The molecule has 0 amide bonds. The van der Waals surface area contributed by atoms with Crippen LogP contribution in [0.1, 0.15) is 0 Å². The predicted octanol–water partition coefficient (Wildman–Crippen LogP) is 1.72. The quantitative estimate of drug-likeness (QED) is 0.489. The molecule has 19 heavy (non-hydrogen) atoms. The number of hydrogen-bond acceptors (Lipinski definition) is 7. The molecule has 0 fully saturated rings. The lowest BCUT2D eigenvalue weighted by atomic mass is 10.3. The molecule has 3 N–H and O–H groups in total. The van der Waals surface area contributed by atoms with Crippen molar-refractivity contribution in [1.29, 1.82) is 0 Å². The highest BCUT2D eigenvalue weighted by Gasteiger charge is 2.23. The Balaban J connectivity index is 2.39. The molecule has 1 heterocycles. The Labute approximate surface area is 108 Å². The van der Waals surface area contributed by atoms with Gasteiger partial charge in [-0.1, -0.05) is 0 Å². The van der Waals surface area contributed by atoms with Crippen molar-refractivity contribution in [1.82, 2.24) is 9.97 Å². The maximum Gasteiger partial charge on any atom is 0.373 e. The minimum absolute atomic E-state index is 0.0571. The van der Waals surface area contributed by atoms with Crippen LogP contribution in [0, 0.1) is 10.1 Å². The van der Waals surface area contributed by atoms with Crippen molar-refractivity contribution in [2.24, 2.45) is 0 Å². The van der Waals surface area contributed by atoms with Gasteiger partial charge in [-0.25, -0.2) is 4.98 Å². The van der Waals surface area contributed by atoms with E-state index < -0.39 is 4.92 Å². The van der Waals surface area contributed by atoms with Crippen LogP contribution in [0.2, 0.25) is 0 Å². The molecule has 98 valence electrons. The highest BCUT2D eigenvalue weighted by Crippen LogP contribution is 2.32. The van der Waals surface area contributed by atoms with Crippen LogP contribution in [0.5, 0.6) is 5.88 Å². The van der Waals surface area contributed by atoms with E-state index in [1.807, 2.05) is 0 Å². The summed E-state index contributed by atoms with van der Waals surface area (Å²) in [5, 5.41) is 13.9. The molecular formula is C11H11N5O3. The van der Waals surface area contributed by atoms with E-state index >= 15 is 0 Å². The Morgan fingerprint density at radius 2 is 2.00 bits per heavy atom. The van der Waals surface area contributed by atoms with Crippen LogP contribution in [0.3, 0.4) is 0 Å². The molecule has 0 saturated heterocycles. The average Bonchev–Trinajstić information content (AvgIpc) is 2.40. The highest BCUT2D eigenvalue weighted by atomic mass is 16.6. The summed E-state index contributed by atoms with van der Waals surface area (Å²) < 4.78 is 4.85. The van der Waals surface area contributed by atoms with Gasteiger partial charge >= 0.3 is 5.69 Å². The van der Waals surface area contributed by atoms with Gasteiger partial charge in [0.15, 0.2) is 0 Å². The van der Waals surface area contributed by atoms with E-state index in [2.05, 4.69) is 15.3 Å². The van der Waals surface area contributed by atoms with E-state index in [1.165, 1.54) is 13.4 Å². The summed E-state index contributed by atoms with van der Waals surface area (Å²) in [7, 11) is 1.31. The summed E-state index contributed by atoms with van der Waals surface area (Å²) in [5.74, 6) is -0.0421. The van der Waals surface area contributed by atoms with E-state index in [0.717, 1.165) is 0 Å². The number of methoxy groups -OCH3 is 1. The van der Waals surface area contributed by atoms with Crippen molar-refractivity contribution in [3.05, 3.63) is 40.7 Å². The minimum atomic E-state index is -0.599. The topological polar surface area (TPSA) is 116 Å². The molecular weight excluding hydrogens is 250 g/mol. The fourth-order valence-electron chi connectivity index (χ4n) is 1.47. The average molecular weight is 261 g/mol. The first-order valence-corrected chi connectivity index (χ1v) is 5.27. The van der Waals surface area contributed by atoms with Crippen LogP contribution >= 0.6 is 0 Å². The molecule has 0 saturated carbocycles. The second-order valence-electron chi connectivity index (χ2n) is 3.58. The molecule has 0 bridgehead atoms. The normalized spacial score (nSPS) is 9.95. The summed E-state index contributed by atoms with van der Waals surface area (Å²) in [4.78, 5) is 18.0. The molecule has 2 rings (SSSR count). The SMILES string of the molecule is COc1ncnc(Nc2ccc(N)cc2)c1[N+](=O)[O-]. The van der Waals surface area contributed by atoms with E-state index in [-0.39, 0.29) is 17.4 Å². The van der Waals surface area contributed by atoms with Crippen molar-refractivity contribution in [2.45, 2.75) is 0 Å². The lowest BCUT2D eigenvalue weighted by Gasteiger charge is -2.07. The van der Waals surface area contributed by atoms with Crippen LogP contribution in [0.15, 0.2) is 30.6 Å². The van der Waals surface area contributed by atoms with Gasteiger partial charge in [0.05, 0.1) is 12.0 Å². The van der Waals surface area contributed by atoms with Crippen LogP contribution in [-0.2, 0) is 0 Å². The molecule has 0 aliphatic rings. The highest BCUT2D eigenvalue weighted by molar-refractivity contribution is 5.69. The third-order valence-electron chi connectivity index (χ3n) is 2.34. The number of benzene rings is 1. The predicted molar refractivity (Wildman–Crippen MR) is 69.4 cm³/mol. The smallest absolute Gasteiger partial charge is 0.373 e. The van der Waals surface area contributed by atoms with Gasteiger partial charge in [0.1, 0.15) is 6.33 Å². The van der Waals surface area contributed by atoms with E-state index in [1.54, 1.807) is 24.3 Å². The van der Waals surface area contributed by atoms with Crippen molar-refractivity contribution in [3.63, 3.8) is 0 Å². The van der Waals surface area contributed by atoms with Crippen molar-refractivity contribution < 1.29 is 9.66 Å². The Morgan fingerprint density at radius 1 is 1.32 bits per heavy atom. The van der Waals surface area contributed by atoms with E-state index in [9.17, 15) is 10.1 Å². The summed E-state index contributed by atoms with van der Waals surface area (Å²) in [6, 6.07) is 6.72. The first-order chi connectivity index (χ1) is 9.11. The number of nitrogens with one attached hydrogen (secondary N) is 1. The van der Waals surface area contributed by atoms with Gasteiger partial charge < -0.3 is 15.8 Å². The Morgan fingerprint density at radius 3 is 2.58 bits per heavy atom. The molecule has 0 radical (unpaired) electrons. The standard InChI is InChI=1S/C11H11N5O3/c1-19-11-9(16(17)18)10(13-6-14-11)15-8-4-2-7(12)3-5-8/h2-6H,12H2,1H3,(H,13,14,15). The molecule has 2 aromatic rings. The molecule has 0 spiro atoms. The second kappa shape index (κ2) is 5.17. The zero-order valence-electron chi connectivity index (χ0n) is 10.0. The van der Waals surface area contributed by atoms with Gasteiger partial charge in [0, 0.05) is 11.4 Å². The Bertz CT molecular complexity index is 600. The first-order valence-electron chi connectivity index (χ1n) is 5.27. The Kier molecular flexibility index (Phi) is 3.42. The van der Waals surface area contributed by atoms with Crippen molar-refractivity contribution >= 4 is 22.9 Å². The maximum atomic E-state index is 11.0. The lowest BCUT2D eigenvalue weighted by Crippen LogP contribution is -2.03. The molecule has 8 nitrogen and oxygen atoms in total. The number of nitrogen functional groups attached to an aromatic ring is 1. The van der Waals surface area contributed by atoms with Crippen LogP contribution in [0.4, 0.5) is 22.9 Å². The first kappa shape index (κ1) is 12.6. The zero-order chi connectivity index (χ0) is 13.8. The number of hydrogen-bond donors (Lipinski definition) is 2. The Hall–Kier alpha value is -2.90. The van der Waals surface area contributed by atoms with Crippen LogP contribution in [-0.4, -0.2) is 22.0 Å². The molecule has 1 aromatic heterocycles. The van der Waals surface area contributed by atoms with Crippen molar-refractivity contribution in [2.75, 3.05) is 18.2 Å². The largest absolute Gasteiger partial charge is 0.476 e. The fraction of sp³-hybridized carbons (Fsp3) is 0.0909. The van der Waals surface area contributed by atoms with Gasteiger partial charge in [0.2, 0.25) is 5.82 Å². The molecule has 0 aliphatic carbocycles. The van der Waals surface area contributed by atoms with Gasteiger partial charge in [0.25, 0.3) is 5.88 Å².